The fourth-order valence-electron chi connectivity index (χ4n) is 2.72. The second kappa shape index (κ2) is 8.49. The van der Waals surface area contributed by atoms with Gasteiger partial charge in [0.2, 0.25) is 5.91 Å². The molecular formula is C14H25N3O4. The van der Waals surface area contributed by atoms with E-state index in [9.17, 15) is 14.4 Å². The lowest BCUT2D eigenvalue weighted by molar-refractivity contribution is -0.139. The maximum atomic E-state index is 11.9. The normalized spacial score (nSPS) is 23.1. The van der Waals surface area contributed by atoms with Crippen molar-refractivity contribution in [3.63, 3.8) is 0 Å². The van der Waals surface area contributed by atoms with Gasteiger partial charge in [0.1, 0.15) is 6.04 Å². The number of urea groups is 1. The van der Waals surface area contributed by atoms with Gasteiger partial charge in [0.15, 0.2) is 0 Å². The Bertz CT molecular complexity index is 386. The Morgan fingerprint density at radius 3 is 2.62 bits per heavy atom. The van der Waals surface area contributed by atoms with Crippen LogP contribution in [0.2, 0.25) is 0 Å². The van der Waals surface area contributed by atoms with E-state index in [4.69, 9.17) is 10.8 Å². The van der Waals surface area contributed by atoms with Crippen molar-refractivity contribution in [1.29, 1.82) is 0 Å². The molecule has 1 fully saturated rings. The van der Waals surface area contributed by atoms with E-state index in [-0.39, 0.29) is 18.9 Å². The number of carbonyl (C=O) groups is 3. The van der Waals surface area contributed by atoms with Gasteiger partial charge >= 0.3 is 12.0 Å². The molecule has 0 bridgehead atoms. The second-order valence-corrected chi connectivity index (χ2v) is 5.65. The zero-order valence-corrected chi connectivity index (χ0v) is 12.4. The van der Waals surface area contributed by atoms with Crippen LogP contribution in [0.15, 0.2) is 0 Å². The van der Waals surface area contributed by atoms with E-state index in [2.05, 4.69) is 17.6 Å². The number of aliphatic carboxylic acids is 1. The number of nitrogens with two attached hydrogens (primary N) is 1. The predicted octanol–water partition coefficient (Wildman–Crippen LogP) is 0.973. The quantitative estimate of drug-likeness (QED) is 0.559. The molecule has 5 N–H and O–H groups in total. The summed E-state index contributed by atoms with van der Waals surface area (Å²) in [6, 6.07) is -1.49. The summed E-state index contributed by atoms with van der Waals surface area (Å²) in [5, 5.41) is 14.2. The van der Waals surface area contributed by atoms with Gasteiger partial charge in [0, 0.05) is 12.5 Å². The van der Waals surface area contributed by atoms with Crippen LogP contribution in [0.5, 0.6) is 0 Å². The van der Waals surface area contributed by atoms with E-state index in [0.717, 1.165) is 25.7 Å². The molecule has 0 aromatic rings. The average molecular weight is 299 g/mol. The Hall–Kier alpha value is -1.79. The summed E-state index contributed by atoms with van der Waals surface area (Å²) in [5.41, 5.74) is 4.99. The number of hydrogen-bond donors (Lipinski definition) is 4. The first-order chi connectivity index (χ1) is 9.92. The van der Waals surface area contributed by atoms with Crippen molar-refractivity contribution in [2.24, 2.45) is 11.7 Å². The topological polar surface area (TPSA) is 122 Å². The van der Waals surface area contributed by atoms with Crippen LogP contribution in [-0.4, -0.2) is 35.1 Å². The van der Waals surface area contributed by atoms with E-state index >= 15 is 0 Å². The van der Waals surface area contributed by atoms with Crippen LogP contribution < -0.4 is 16.4 Å². The Kier molecular flexibility index (Phi) is 6.98. The molecule has 0 aromatic carbocycles. The van der Waals surface area contributed by atoms with Crippen LogP contribution in [0.4, 0.5) is 4.79 Å². The predicted molar refractivity (Wildman–Crippen MR) is 77.6 cm³/mol. The van der Waals surface area contributed by atoms with Crippen molar-refractivity contribution >= 4 is 17.9 Å². The maximum Gasteiger partial charge on any atom is 0.326 e. The number of rotatable bonds is 7. The molecule has 0 radical (unpaired) electrons. The van der Waals surface area contributed by atoms with Crippen molar-refractivity contribution in [3.8, 4) is 0 Å². The molecule has 0 spiro atoms. The highest BCUT2D eigenvalue weighted by Crippen LogP contribution is 2.26. The van der Waals surface area contributed by atoms with Gasteiger partial charge in [-0.05, 0) is 25.2 Å². The van der Waals surface area contributed by atoms with Gasteiger partial charge in [0.25, 0.3) is 0 Å². The average Bonchev–Trinajstić information content (AvgIpc) is 2.43. The summed E-state index contributed by atoms with van der Waals surface area (Å²) in [5.74, 6) is -1.13. The molecule has 3 unspecified atom stereocenters. The highest BCUT2D eigenvalue weighted by atomic mass is 16.4. The molecule has 1 aliphatic carbocycles. The largest absolute Gasteiger partial charge is 0.480 e. The first-order valence-electron chi connectivity index (χ1n) is 7.50. The van der Waals surface area contributed by atoms with Crippen LogP contribution in [0.3, 0.4) is 0 Å². The highest BCUT2D eigenvalue weighted by molar-refractivity contribution is 5.83. The summed E-state index contributed by atoms with van der Waals surface area (Å²) in [7, 11) is 0. The molecule has 21 heavy (non-hydrogen) atoms. The molecule has 3 amide bonds. The van der Waals surface area contributed by atoms with Gasteiger partial charge in [-0.1, -0.05) is 26.2 Å². The van der Waals surface area contributed by atoms with E-state index in [1.807, 2.05) is 0 Å². The number of carboxylic acid groups (broad SMARTS) is 1. The minimum absolute atomic E-state index is 0.000336. The third kappa shape index (κ3) is 6.46. The van der Waals surface area contributed by atoms with Crippen molar-refractivity contribution in [2.75, 3.05) is 0 Å². The second-order valence-electron chi connectivity index (χ2n) is 5.65. The lowest BCUT2D eigenvalue weighted by Crippen LogP contribution is -2.50. The first-order valence-corrected chi connectivity index (χ1v) is 7.50. The molecule has 0 heterocycles. The van der Waals surface area contributed by atoms with E-state index < -0.39 is 23.9 Å². The SMILES string of the molecule is CCC1CCCC(NC(=O)NC(CCC(N)=O)C(=O)O)C1. The standard InChI is InChI=1S/C14H25N3O4/c1-2-9-4-3-5-10(8-9)16-14(21)17-11(13(19)20)6-7-12(15)18/h9-11H,2-8H2,1H3,(H2,15,18)(H,19,20)(H2,16,17,21). The minimum atomic E-state index is -1.17. The number of carboxylic acids is 1. The van der Waals surface area contributed by atoms with Gasteiger partial charge in [0.05, 0.1) is 0 Å². The lowest BCUT2D eigenvalue weighted by Gasteiger charge is -2.29. The van der Waals surface area contributed by atoms with Gasteiger partial charge in [-0.2, -0.15) is 0 Å². The third-order valence-electron chi connectivity index (χ3n) is 3.98. The molecule has 1 rings (SSSR count). The summed E-state index contributed by atoms with van der Waals surface area (Å²) < 4.78 is 0. The Balaban J connectivity index is 2.42. The Morgan fingerprint density at radius 2 is 2.05 bits per heavy atom. The molecular weight excluding hydrogens is 274 g/mol. The van der Waals surface area contributed by atoms with E-state index in [1.165, 1.54) is 6.42 Å². The summed E-state index contributed by atoms with van der Waals surface area (Å²) >= 11 is 0. The Morgan fingerprint density at radius 1 is 1.33 bits per heavy atom. The van der Waals surface area contributed by atoms with Crippen molar-refractivity contribution < 1.29 is 19.5 Å². The number of primary amides is 1. The molecule has 7 heteroatoms. The molecule has 3 atom stereocenters. The smallest absolute Gasteiger partial charge is 0.326 e. The van der Waals surface area contributed by atoms with Gasteiger partial charge in [-0.25, -0.2) is 9.59 Å². The van der Waals surface area contributed by atoms with Crippen LogP contribution in [0.25, 0.3) is 0 Å². The molecule has 0 aromatic heterocycles. The van der Waals surface area contributed by atoms with Crippen LogP contribution in [0.1, 0.15) is 51.9 Å². The molecule has 1 aliphatic rings. The van der Waals surface area contributed by atoms with Crippen LogP contribution in [-0.2, 0) is 9.59 Å². The number of nitrogens with one attached hydrogen (secondary N) is 2. The molecule has 7 nitrogen and oxygen atoms in total. The lowest BCUT2D eigenvalue weighted by atomic mass is 9.84. The fourth-order valence-corrected chi connectivity index (χ4v) is 2.72. The van der Waals surface area contributed by atoms with Crippen LogP contribution >= 0.6 is 0 Å². The number of amides is 3. The van der Waals surface area contributed by atoms with Crippen molar-refractivity contribution in [2.45, 2.75) is 64.0 Å². The van der Waals surface area contributed by atoms with Gasteiger partial charge in [-0.3, -0.25) is 4.79 Å². The molecule has 0 saturated heterocycles. The monoisotopic (exact) mass is 299 g/mol. The van der Waals surface area contributed by atoms with Crippen molar-refractivity contribution in [1.82, 2.24) is 10.6 Å². The zero-order chi connectivity index (χ0) is 15.8. The van der Waals surface area contributed by atoms with Gasteiger partial charge < -0.3 is 21.5 Å². The van der Waals surface area contributed by atoms with Crippen LogP contribution in [0, 0.1) is 5.92 Å². The summed E-state index contributed by atoms with van der Waals surface area (Å²) in [6.07, 6.45) is 5.14. The highest BCUT2D eigenvalue weighted by Gasteiger charge is 2.25. The van der Waals surface area contributed by atoms with Gasteiger partial charge in [-0.15, -0.1) is 0 Å². The zero-order valence-electron chi connectivity index (χ0n) is 12.4. The minimum Gasteiger partial charge on any atom is -0.480 e. The van der Waals surface area contributed by atoms with E-state index in [1.54, 1.807) is 0 Å². The van der Waals surface area contributed by atoms with E-state index in [0.29, 0.717) is 5.92 Å². The van der Waals surface area contributed by atoms with Crippen molar-refractivity contribution in [3.05, 3.63) is 0 Å². The molecule has 120 valence electrons. The summed E-state index contributed by atoms with van der Waals surface area (Å²) in [4.78, 5) is 33.6. The maximum absolute atomic E-state index is 11.9. The molecule has 0 aliphatic heterocycles. The Labute approximate surface area is 124 Å². The third-order valence-corrected chi connectivity index (χ3v) is 3.98. The number of hydrogen-bond acceptors (Lipinski definition) is 3. The number of carbonyl (C=O) groups excluding carboxylic acids is 2. The first kappa shape index (κ1) is 17.3. The summed E-state index contributed by atoms with van der Waals surface area (Å²) in [6.45, 7) is 2.14. The molecule has 1 saturated carbocycles. The fraction of sp³-hybridized carbons (Fsp3) is 0.786.